The van der Waals surface area contributed by atoms with Gasteiger partial charge in [0, 0.05) is 18.5 Å². The number of fused-ring (bicyclic) bond motifs is 1. The number of hydrogen-bond acceptors (Lipinski definition) is 4. The van der Waals surface area contributed by atoms with Gasteiger partial charge < -0.3 is 14.6 Å². The van der Waals surface area contributed by atoms with Crippen LogP contribution in [0, 0.1) is 0 Å². The molecule has 1 aromatic carbocycles. The van der Waals surface area contributed by atoms with Crippen LogP contribution in [0.1, 0.15) is 25.8 Å². The highest BCUT2D eigenvalue weighted by Crippen LogP contribution is 2.38. The predicted octanol–water partition coefficient (Wildman–Crippen LogP) is 2.70. The molecule has 1 aliphatic heterocycles. The fourth-order valence-corrected chi connectivity index (χ4v) is 2.27. The summed E-state index contributed by atoms with van der Waals surface area (Å²) in [7, 11) is 1.98. The van der Waals surface area contributed by atoms with Gasteiger partial charge in [0.25, 0.3) is 0 Å². The van der Waals surface area contributed by atoms with E-state index in [0.717, 1.165) is 12.0 Å². The summed E-state index contributed by atoms with van der Waals surface area (Å²) in [5, 5.41) is 9.99. The van der Waals surface area contributed by atoms with Crippen LogP contribution in [0.3, 0.4) is 0 Å². The van der Waals surface area contributed by atoms with Crippen LogP contribution in [-0.4, -0.2) is 42.4 Å². The van der Waals surface area contributed by atoms with Crippen molar-refractivity contribution in [3.63, 3.8) is 0 Å². The van der Waals surface area contributed by atoms with Gasteiger partial charge in [-0.25, -0.2) is 0 Å². The van der Waals surface area contributed by atoms with Crippen molar-refractivity contribution in [3.8, 4) is 11.5 Å². The molecule has 0 spiro atoms. The molecule has 1 N–H and O–H groups in total. The molecule has 5 heteroatoms. The molecule has 112 valence electrons. The lowest BCUT2D eigenvalue weighted by Gasteiger charge is -2.34. The lowest BCUT2D eigenvalue weighted by atomic mass is 10.0. The molecular formula is C15H22ClNO3. The molecule has 0 saturated carbocycles. The Bertz CT molecular complexity index is 476. The summed E-state index contributed by atoms with van der Waals surface area (Å²) in [5.41, 5.74) is 0.764. The van der Waals surface area contributed by atoms with Crippen LogP contribution in [0.4, 0.5) is 0 Å². The van der Waals surface area contributed by atoms with E-state index in [1.807, 2.05) is 33.0 Å². The number of likely N-dealkylation sites (N-methyl/N-ethyl adjacent to an activating group) is 1. The van der Waals surface area contributed by atoms with Crippen molar-refractivity contribution >= 4 is 11.6 Å². The Morgan fingerprint density at radius 3 is 2.70 bits per heavy atom. The second-order valence-corrected chi connectivity index (χ2v) is 6.19. The highest BCUT2D eigenvalue weighted by molar-refractivity contribution is 6.32. The van der Waals surface area contributed by atoms with E-state index in [4.69, 9.17) is 21.1 Å². The molecule has 1 aromatic rings. The van der Waals surface area contributed by atoms with E-state index in [1.165, 1.54) is 0 Å². The third-order valence-corrected chi connectivity index (χ3v) is 3.98. The molecule has 0 fully saturated rings. The molecule has 0 aromatic heterocycles. The second kappa shape index (κ2) is 6.20. The van der Waals surface area contributed by atoms with Crippen molar-refractivity contribution in [3.05, 3.63) is 22.7 Å². The van der Waals surface area contributed by atoms with Crippen LogP contribution in [-0.2, 0) is 6.54 Å². The van der Waals surface area contributed by atoms with Gasteiger partial charge in [0.1, 0.15) is 0 Å². The van der Waals surface area contributed by atoms with Crippen molar-refractivity contribution in [2.24, 2.45) is 0 Å². The first-order valence-electron chi connectivity index (χ1n) is 6.84. The van der Waals surface area contributed by atoms with E-state index in [2.05, 4.69) is 4.90 Å². The topological polar surface area (TPSA) is 41.9 Å². The van der Waals surface area contributed by atoms with Crippen molar-refractivity contribution in [2.45, 2.75) is 32.4 Å². The number of halogens is 1. The molecule has 2 rings (SSSR count). The third-order valence-electron chi connectivity index (χ3n) is 3.70. The normalized spacial score (nSPS) is 15.3. The van der Waals surface area contributed by atoms with Gasteiger partial charge in [0.2, 0.25) is 0 Å². The van der Waals surface area contributed by atoms with Crippen LogP contribution < -0.4 is 9.47 Å². The molecular weight excluding hydrogens is 278 g/mol. The van der Waals surface area contributed by atoms with Gasteiger partial charge in [-0.05, 0) is 38.6 Å². The van der Waals surface area contributed by atoms with Crippen LogP contribution in [0.15, 0.2) is 12.1 Å². The summed E-state index contributed by atoms with van der Waals surface area (Å²) < 4.78 is 11.3. The Kier molecular flexibility index (Phi) is 4.78. The fourth-order valence-electron chi connectivity index (χ4n) is 1.98. The molecule has 0 bridgehead atoms. The highest BCUT2D eigenvalue weighted by Gasteiger charge is 2.23. The SMILES string of the molecule is CN(Cc1cc(Cl)c2c(c1)OCCCO2)C(C)(C)CO. The van der Waals surface area contributed by atoms with Crippen LogP contribution in [0.5, 0.6) is 11.5 Å². The lowest BCUT2D eigenvalue weighted by Crippen LogP contribution is -2.43. The molecule has 4 nitrogen and oxygen atoms in total. The minimum Gasteiger partial charge on any atom is -0.489 e. The van der Waals surface area contributed by atoms with E-state index >= 15 is 0 Å². The first-order chi connectivity index (χ1) is 9.44. The van der Waals surface area contributed by atoms with Gasteiger partial charge in [-0.3, -0.25) is 4.90 Å². The summed E-state index contributed by atoms with van der Waals surface area (Å²) in [6.45, 7) is 6.05. The van der Waals surface area contributed by atoms with E-state index in [1.54, 1.807) is 0 Å². The van der Waals surface area contributed by atoms with E-state index in [-0.39, 0.29) is 12.1 Å². The van der Waals surface area contributed by atoms with E-state index in [9.17, 15) is 5.11 Å². The number of hydrogen-bond donors (Lipinski definition) is 1. The maximum absolute atomic E-state index is 9.41. The monoisotopic (exact) mass is 299 g/mol. The summed E-state index contributed by atoms with van der Waals surface area (Å²) in [4.78, 5) is 2.09. The molecule has 1 heterocycles. The Balaban J connectivity index is 2.22. The fraction of sp³-hybridized carbons (Fsp3) is 0.600. The van der Waals surface area contributed by atoms with Crippen LogP contribution in [0.25, 0.3) is 0 Å². The Morgan fingerprint density at radius 2 is 2.00 bits per heavy atom. The molecule has 1 aliphatic rings. The average Bonchev–Trinajstić information content (AvgIpc) is 2.64. The largest absolute Gasteiger partial charge is 0.489 e. The van der Waals surface area contributed by atoms with Gasteiger partial charge in [-0.1, -0.05) is 11.6 Å². The van der Waals surface area contributed by atoms with Gasteiger partial charge in [0.15, 0.2) is 11.5 Å². The molecule has 0 amide bonds. The molecule has 0 atom stereocenters. The number of rotatable bonds is 4. The van der Waals surface area contributed by atoms with Crippen molar-refractivity contribution in [1.82, 2.24) is 4.90 Å². The van der Waals surface area contributed by atoms with Crippen molar-refractivity contribution < 1.29 is 14.6 Å². The number of aliphatic hydroxyl groups is 1. The van der Waals surface area contributed by atoms with Gasteiger partial charge in [-0.15, -0.1) is 0 Å². The quantitative estimate of drug-likeness (QED) is 0.928. The standard InChI is InChI=1S/C15H22ClNO3/c1-15(2,10-18)17(3)9-11-7-12(16)14-13(8-11)19-5-4-6-20-14/h7-8,18H,4-6,9-10H2,1-3H3. The minimum absolute atomic E-state index is 0.0990. The summed E-state index contributed by atoms with van der Waals surface area (Å²) in [5.74, 6) is 1.34. The predicted molar refractivity (Wildman–Crippen MR) is 79.7 cm³/mol. The summed E-state index contributed by atoms with van der Waals surface area (Å²) in [6, 6.07) is 3.87. The van der Waals surface area contributed by atoms with Gasteiger partial charge in [-0.2, -0.15) is 0 Å². The zero-order valence-corrected chi connectivity index (χ0v) is 13.0. The first kappa shape index (κ1) is 15.4. The number of benzene rings is 1. The molecule has 0 saturated heterocycles. The summed E-state index contributed by atoms with van der Waals surface area (Å²) >= 11 is 6.28. The highest BCUT2D eigenvalue weighted by atomic mass is 35.5. The molecule has 20 heavy (non-hydrogen) atoms. The van der Waals surface area contributed by atoms with Crippen molar-refractivity contribution in [2.75, 3.05) is 26.9 Å². The number of ether oxygens (including phenoxy) is 2. The Morgan fingerprint density at radius 1 is 1.30 bits per heavy atom. The molecule has 0 aliphatic carbocycles. The van der Waals surface area contributed by atoms with E-state index < -0.39 is 0 Å². The number of aliphatic hydroxyl groups excluding tert-OH is 1. The second-order valence-electron chi connectivity index (χ2n) is 5.78. The molecule has 0 unspecified atom stereocenters. The van der Waals surface area contributed by atoms with Gasteiger partial charge in [0.05, 0.1) is 24.8 Å². The maximum atomic E-state index is 9.41. The van der Waals surface area contributed by atoms with E-state index in [0.29, 0.717) is 36.3 Å². The Hall–Kier alpha value is -0.970. The van der Waals surface area contributed by atoms with Crippen LogP contribution in [0.2, 0.25) is 5.02 Å². The maximum Gasteiger partial charge on any atom is 0.179 e. The third kappa shape index (κ3) is 3.37. The first-order valence-corrected chi connectivity index (χ1v) is 7.22. The summed E-state index contributed by atoms with van der Waals surface area (Å²) in [6.07, 6.45) is 0.859. The van der Waals surface area contributed by atoms with Crippen LogP contribution >= 0.6 is 11.6 Å². The van der Waals surface area contributed by atoms with Gasteiger partial charge >= 0.3 is 0 Å². The zero-order valence-electron chi connectivity index (χ0n) is 12.3. The lowest BCUT2D eigenvalue weighted by molar-refractivity contribution is 0.0733. The smallest absolute Gasteiger partial charge is 0.179 e. The minimum atomic E-state index is -0.281. The number of nitrogens with zero attached hydrogens (tertiary/aromatic N) is 1. The van der Waals surface area contributed by atoms with Crippen molar-refractivity contribution in [1.29, 1.82) is 0 Å². The zero-order chi connectivity index (χ0) is 14.8. The average molecular weight is 300 g/mol. The molecule has 0 radical (unpaired) electrons. The Labute approximate surface area is 125 Å².